The number of imidazole rings is 1. The molecule has 1 heterocycles. The normalized spacial score (nSPS) is 12.1. The van der Waals surface area contributed by atoms with Crippen LogP contribution in [0, 0.1) is 24.0 Å². The quantitative estimate of drug-likeness (QED) is 0.377. The monoisotopic (exact) mass is 320 g/mol. The molecule has 0 saturated heterocycles. The summed E-state index contributed by atoms with van der Waals surface area (Å²) in [7, 11) is 1.72. The van der Waals surface area contributed by atoms with Crippen molar-refractivity contribution >= 4 is 11.7 Å². The average Bonchev–Trinajstić information content (AvgIpc) is 2.69. The molecule has 2 N–H and O–H groups in total. The topological polar surface area (TPSA) is 109 Å². The fraction of sp³-hybridized carbons (Fsp3) is 0.333. The zero-order chi connectivity index (χ0) is 17.3. The van der Waals surface area contributed by atoms with Crippen LogP contribution in [0.25, 0.3) is 0 Å². The molecule has 0 aliphatic rings. The molecule has 2 aromatic rings. The molecule has 0 bridgehead atoms. The third kappa shape index (κ3) is 3.01. The number of carboxylic acid groups (broad SMARTS) is 1. The maximum Gasteiger partial charge on any atom is 0.304 e. The molecule has 23 heavy (non-hydrogen) atoms. The third-order valence-electron chi connectivity index (χ3n) is 4.08. The van der Waals surface area contributed by atoms with Gasteiger partial charge in [-0.3, -0.25) is 14.9 Å². The molecule has 8 heteroatoms. The van der Waals surface area contributed by atoms with Gasteiger partial charge in [0.2, 0.25) is 0 Å². The van der Waals surface area contributed by atoms with Crippen LogP contribution >= 0.6 is 0 Å². The highest BCUT2D eigenvalue weighted by atomic mass is 16.6. The van der Waals surface area contributed by atoms with Crippen molar-refractivity contribution in [2.45, 2.75) is 26.2 Å². The van der Waals surface area contributed by atoms with Crippen molar-refractivity contribution in [2.24, 2.45) is 7.05 Å². The van der Waals surface area contributed by atoms with Crippen molar-refractivity contribution < 1.29 is 24.6 Å². The number of nitro groups is 1. The van der Waals surface area contributed by atoms with Crippen LogP contribution in [-0.4, -0.2) is 25.9 Å². The number of nitrogens with zero attached hydrogens (tertiary/aromatic N) is 3. The van der Waals surface area contributed by atoms with Gasteiger partial charge in [-0.05, 0) is 10.3 Å². The maximum atomic E-state index is 11.3. The van der Waals surface area contributed by atoms with Crippen LogP contribution in [0.15, 0.2) is 24.3 Å². The Morgan fingerprint density at radius 3 is 2.57 bits per heavy atom. The molecule has 0 aliphatic heterocycles. The van der Waals surface area contributed by atoms with Crippen LogP contribution < -0.4 is 4.57 Å². The van der Waals surface area contributed by atoms with E-state index in [2.05, 4.69) is 0 Å². The number of benzene rings is 1. The molecular formula is C15H18N3O5+. The molecular weight excluding hydrogens is 302 g/mol. The molecule has 2 rings (SSSR count). The van der Waals surface area contributed by atoms with Gasteiger partial charge in [0, 0.05) is 26.0 Å². The molecule has 0 amide bonds. The van der Waals surface area contributed by atoms with E-state index in [4.69, 9.17) is 0 Å². The number of carboxylic acids is 1. The average molecular weight is 320 g/mol. The minimum atomic E-state index is -1.06. The van der Waals surface area contributed by atoms with E-state index in [9.17, 15) is 25.2 Å². The summed E-state index contributed by atoms with van der Waals surface area (Å²) >= 11 is 0. The number of non-ortho nitro benzene ring substituents is 1. The predicted octanol–water partition coefficient (Wildman–Crippen LogP) is 1.68. The van der Waals surface area contributed by atoms with Gasteiger partial charge in [0.15, 0.2) is 5.69 Å². The number of hydrogen-bond donors (Lipinski definition) is 2. The summed E-state index contributed by atoms with van der Waals surface area (Å²) in [6.07, 6.45) is -0.293. The second-order valence-electron chi connectivity index (χ2n) is 5.40. The maximum absolute atomic E-state index is 11.3. The Bertz CT molecular complexity index is 756. The van der Waals surface area contributed by atoms with E-state index in [0.29, 0.717) is 17.1 Å². The van der Waals surface area contributed by atoms with Gasteiger partial charge in [0.1, 0.15) is 11.6 Å². The lowest BCUT2D eigenvalue weighted by Gasteiger charge is -2.12. The summed E-state index contributed by atoms with van der Waals surface area (Å²) in [4.78, 5) is 21.7. The highest BCUT2D eigenvalue weighted by molar-refractivity contribution is 5.68. The molecule has 1 aromatic heterocycles. The number of carbonyl (C=O) groups is 1. The Kier molecular flexibility index (Phi) is 4.35. The van der Waals surface area contributed by atoms with Crippen molar-refractivity contribution in [3.8, 4) is 0 Å². The van der Waals surface area contributed by atoms with Gasteiger partial charge in [-0.15, -0.1) is 0 Å². The van der Waals surface area contributed by atoms with Gasteiger partial charge < -0.3 is 10.3 Å². The first-order valence-electron chi connectivity index (χ1n) is 6.97. The molecule has 0 radical (unpaired) electrons. The van der Waals surface area contributed by atoms with Crippen molar-refractivity contribution in [3.63, 3.8) is 0 Å². The predicted molar refractivity (Wildman–Crippen MR) is 79.5 cm³/mol. The summed E-state index contributed by atoms with van der Waals surface area (Å²) in [5, 5.41) is 30.5. The van der Waals surface area contributed by atoms with Crippen molar-refractivity contribution in [3.05, 3.63) is 57.2 Å². The van der Waals surface area contributed by atoms with Gasteiger partial charge in [-0.2, -0.15) is 0 Å². The first kappa shape index (κ1) is 16.5. The van der Waals surface area contributed by atoms with E-state index < -0.39 is 16.8 Å². The number of nitro benzene ring substituents is 1. The molecule has 0 fully saturated rings. The lowest BCUT2D eigenvalue weighted by molar-refractivity contribution is -0.686. The molecule has 0 unspecified atom stereocenters. The van der Waals surface area contributed by atoms with Gasteiger partial charge in [0.05, 0.1) is 18.4 Å². The fourth-order valence-corrected chi connectivity index (χ4v) is 2.65. The van der Waals surface area contributed by atoms with E-state index in [1.54, 1.807) is 31.5 Å². The standard InChI is InChI=1S/C15H17N3O5/c1-9-10(2)17(21)15(16(9)3)13(8-14(19)20)11-5-4-6-12(7-11)18(22)23/h4-7,13H,8H2,1-3H3,(H-,19,20,21)/p+1/t13-/m1/s1. The van der Waals surface area contributed by atoms with Crippen LogP contribution in [0.2, 0.25) is 0 Å². The Hall–Kier alpha value is -2.90. The highest BCUT2D eigenvalue weighted by Crippen LogP contribution is 2.29. The zero-order valence-electron chi connectivity index (χ0n) is 13.1. The van der Waals surface area contributed by atoms with Gasteiger partial charge in [0.25, 0.3) is 5.69 Å². The summed E-state index contributed by atoms with van der Waals surface area (Å²) < 4.78 is 2.64. The Balaban J connectivity index is 2.63. The lowest BCUT2D eigenvalue weighted by Crippen LogP contribution is -2.37. The number of aromatic nitrogens is 2. The van der Waals surface area contributed by atoms with E-state index in [1.165, 1.54) is 18.2 Å². The Morgan fingerprint density at radius 1 is 1.43 bits per heavy atom. The Labute approximate surface area is 132 Å². The third-order valence-corrected chi connectivity index (χ3v) is 4.08. The van der Waals surface area contributed by atoms with Gasteiger partial charge in [-0.1, -0.05) is 12.1 Å². The van der Waals surface area contributed by atoms with Crippen molar-refractivity contribution in [1.82, 2.24) is 4.73 Å². The van der Waals surface area contributed by atoms with E-state index >= 15 is 0 Å². The van der Waals surface area contributed by atoms with Crippen LogP contribution in [0.5, 0.6) is 0 Å². The summed E-state index contributed by atoms with van der Waals surface area (Å²) in [5.41, 5.74) is 1.71. The second kappa shape index (κ2) is 6.07. The Morgan fingerprint density at radius 2 is 2.09 bits per heavy atom. The second-order valence-corrected chi connectivity index (χ2v) is 5.40. The van der Waals surface area contributed by atoms with Crippen molar-refractivity contribution in [1.29, 1.82) is 0 Å². The highest BCUT2D eigenvalue weighted by Gasteiger charge is 2.34. The largest absolute Gasteiger partial charge is 0.481 e. The van der Waals surface area contributed by atoms with Gasteiger partial charge in [-0.25, -0.2) is 4.57 Å². The lowest BCUT2D eigenvalue weighted by atomic mass is 9.94. The van der Waals surface area contributed by atoms with Gasteiger partial charge >= 0.3 is 11.8 Å². The first-order chi connectivity index (χ1) is 10.7. The molecule has 0 aliphatic carbocycles. The van der Waals surface area contributed by atoms with E-state index in [1.807, 2.05) is 0 Å². The van der Waals surface area contributed by atoms with Crippen LogP contribution in [-0.2, 0) is 11.8 Å². The van der Waals surface area contributed by atoms with E-state index in [-0.39, 0.29) is 12.1 Å². The smallest absolute Gasteiger partial charge is 0.304 e. The molecule has 1 atom stereocenters. The van der Waals surface area contributed by atoms with E-state index in [0.717, 1.165) is 10.4 Å². The summed E-state index contributed by atoms with van der Waals surface area (Å²) in [6.45, 7) is 3.51. The number of aliphatic carboxylic acids is 1. The van der Waals surface area contributed by atoms with Crippen LogP contribution in [0.4, 0.5) is 5.69 Å². The molecule has 1 aromatic carbocycles. The minimum Gasteiger partial charge on any atom is -0.481 e. The fourth-order valence-electron chi connectivity index (χ4n) is 2.65. The van der Waals surface area contributed by atoms with Crippen LogP contribution in [0.1, 0.15) is 35.1 Å². The number of hydrogen-bond acceptors (Lipinski definition) is 4. The molecule has 122 valence electrons. The summed E-state index contributed by atoms with van der Waals surface area (Å²) in [5.74, 6) is -1.41. The zero-order valence-corrected chi connectivity index (χ0v) is 13.1. The minimum absolute atomic E-state index is 0.120. The number of rotatable bonds is 5. The van der Waals surface area contributed by atoms with Crippen LogP contribution in [0.3, 0.4) is 0 Å². The molecule has 8 nitrogen and oxygen atoms in total. The molecule has 0 spiro atoms. The van der Waals surface area contributed by atoms with Crippen molar-refractivity contribution in [2.75, 3.05) is 0 Å². The SMILES string of the molecule is Cc1c(C)[n+](C)c([C@H](CC(=O)O)c2cccc([N+](=O)[O-])c2)n1O. The first-order valence-corrected chi connectivity index (χ1v) is 6.97. The summed E-state index contributed by atoms with van der Waals surface area (Å²) in [6, 6.07) is 5.81. The molecule has 0 saturated carbocycles.